The SMILES string of the molecule is C[C@@H](Oc1ccccc1Cl)C(=O)Nc1cc(-n2cccn2)ncn1. The van der Waals surface area contributed by atoms with Crippen molar-refractivity contribution in [3.8, 4) is 11.6 Å². The fraction of sp³-hybridized carbons (Fsp3) is 0.125. The van der Waals surface area contributed by atoms with E-state index in [1.165, 1.54) is 6.33 Å². The van der Waals surface area contributed by atoms with Gasteiger partial charge >= 0.3 is 0 Å². The molecule has 0 aliphatic heterocycles. The number of halogens is 1. The van der Waals surface area contributed by atoms with Gasteiger partial charge in [0.2, 0.25) is 0 Å². The number of aromatic nitrogens is 4. The summed E-state index contributed by atoms with van der Waals surface area (Å²) in [6.07, 6.45) is 4.00. The maximum absolute atomic E-state index is 12.3. The Hall–Kier alpha value is -2.93. The van der Waals surface area contributed by atoms with E-state index in [9.17, 15) is 4.79 Å². The van der Waals surface area contributed by atoms with Gasteiger partial charge in [-0.25, -0.2) is 14.6 Å². The minimum atomic E-state index is -0.743. The van der Waals surface area contributed by atoms with Crippen LogP contribution in [0.3, 0.4) is 0 Å². The zero-order valence-corrected chi connectivity index (χ0v) is 13.5. The van der Waals surface area contributed by atoms with Gasteiger partial charge in [-0.1, -0.05) is 23.7 Å². The summed E-state index contributed by atoms with van der Waals surface area (Å²) in [5.74, 6) is 1.00. The van der Waals surface area contributed by atoms with Gasteiger partial charge in [0.05, 0.1) is 5.02 Å². The Balaban J connectivity index is 1.68. The number of carbonyl (C=O) groups is 1. The number of carbonyl (C=O) groups excluding carboxylic acids is 1. The van der Waals surface area contributed by atoms with E-state index in [1.54, 1.807) is 60.4 Å². The molecule has 0 bridgehead atoms. The fourth-order valence-corrected chi connectivity index (χ4v) is 2.14. The van der Waals surface area contributed by atoms with Crippen molar-refractivity contribution in [3.63, 3.8) is 0 Å². The second-order valence-corrected chi connectivity index (χ2v) is 5.30. The van der Waals surface area contributed by atoms with Crippen LogP contribution < -0.4 is 10.1 Å². The second-order valence-electron chi connectivity index (χ2n) is 4.89. The van der Waals surface area contributed by atoms with Crippen LogP contribution in [0.25, 0.3) is 5.82 Å². The molecule has 0 unspecified atom stereocenters. The van der Waals surface area contributed by atoms with Gasteiger partial charge in [0.25, 0.3) is 5.91 Å². The molecule has 3 aromatic rings. The number of anilines is 1. The van der Waals surface area contributed by atoms with Crippen LogP contribution in [-0.2, 0) is 4.79 Å². The second kappa shape index (κ2) is 7.10. The summed E-state index contributed by atoms with van der Waals surface area (Å²) < 4.78 is 7.15. The number of nitrogens with zero attached hydrogens (tertiary/aromatic N) is 4. The lowest BCUT2D eigenvalue weighted by atomic mass is 10.3. The minimum absolute atomic E-state index is 0.347. The number of nitrogens with one attached hydrogen (secondary N) is 1. The average molecular weight is 344 g/mol. The molecule has 1 atom stereocenters. The summed E-state index contributed by atoms with van der Waals surface area (Å²) in [4.78, 5) is 20.4. The Morgan fingerprint density at radius 3 is 2.88 bits per heavy atom. The normalized spacial score (nSPS) is 11.8. The van der Waals surface area contributed by atoms with Crippen molar-refractivity contribution in [2.75, 3.05) is 5.32 Å². The number of benzene rings is 1. The monoisotopic (exact) mass is 343 g/mol. The van der Waals surface area contributed by atoms with Crippen molar-refractivity contribution >= 4 is 23.3 Å². The highest BCUT2D eigenvalue weighted by atomic mass is 35.5. The molecule has 0 aliphatic carbocycles. The number of para-hydroxylation sites is 1. The summed E-state index contributed by atoms with van der Waals surface area (Å²) in [6, 6.07) is 10.4. The molecule has 0 fully saturated rings. The number of rotatable bonds is 5. The molecule has 0 saturated heterocycles. The predicted molar refractivity (Wildman–Crippen MR) is 89.3 cm³/mol. The average Bonchev–Trinajstić information content (AvgIpc) is 3.12. The molecular formula is C16H14ClN5O2. The lowest BCUT2D eigenvalue weighted by molar-refractivity contribution is -0.122. The maximum Gasteiger partial charge on any atom is 0.266 e. The molecule has 2 aromatic heterocycles. The molecule has 7 nitrogen and oxygen atoms in total. The van der Waals surface area contributed by atoms with Crippen molar-refractivity contribution in [1.82, 2.24) is 19.7 Å². The van der Waals surface area contributed by atoms with E-state index in [4.69, 9.17) is 16.3 Å². The maximum atomic E-state index is 12.3. The van der Waals surface area contributed by atoms with Gasteiger partial charge in [0.15, 0.2) is 11.9 Å². The molecule has 8 heteroatoms. The highest BCUT2D eigenvalue weighted by Gasteiger charge is 2.17. The van der Waals surface area contributed by atoms with Crippen LogP contribution in [0.2, 0.25) is 5.02 Å². The van der Waals surface area contributed by atoms with Gasteiger partial charge in [-0.15, -0.1) is 0 Å². The molecule has 1 amide bonds. The summed E-state index contributed by atoms with van der Waals surface area (Å²) in [5, 5.41) is 7.21. The zero-order valence-electron chi connectivity index (χ0n) is 12.8. The Morgan fingerprint density at radius 1 is 1.29 bits per heavy atom. The molecule has 1 N–H and O–H groups in total. The van der Waals surface area contributed by atoms with E-state index in [-0.39, 0.29) is 5.91 Å². The van der Waals surface area contributed by atoms with Gasteiger partial charge in [-0.2, -0.15) is 5.10 Å². The Morgan fingerprint density at radius 2 is 2.12 bits per heavy atom. The summed E-state index contributed by atoms with van der Waals surface area (Å²) in [7, 11) is 0. The first-order valence-corrected chi connectivity index (χ1v) is 7.55. The van der Waals surface area contributed by atoms with Crippen molar-refractivity contribution in [1.29, 1.82) is 0 Å². The van der Waals surface area contributed by atoms with Gasteiger partial charge in [0.1, 0.15) is 17.9 Å². The third-order valence-corrected chi connectivity index (χ3v) is 3.46. The number of ether oxygens (including phenoxy) is 1. The predicted octanol–water partition coefficient (Wildman–Crippen LogP) is 2.72. The highest BCUT2D eigenvalue weighted by molar-refractivity contribution is 6.32. The molecule has 0 aliphatic rings. The standard InChI is InChI=1S/C16H14ClN5O2/c1-11(24-13-6-3-2-5-12(13)17)16(23)21-14-9-15(19-10-18-14)22-8-4-7-20-22/h2-11H,1H3,(H,18,19,21,23)/t11-/m1/s1. The van der Waals surface area contributed by atoms with Gasteiger partial charge in [-0.3, -0.25) is 4.79 Å². The molecule has 0 saturated carbocycles. The van der Waals surface area contributed by atoms with E-state index < -0.39 is 6.10 Å². The van der Waals surface area contributed by atoms with E-state index >= 15 is 0 Å². The minimum Gasteiger partial charge on any atom is -0.479 e. The van der Waals surface area contributed by atoms with Crippen LogP contribution in [0.5, 0.6) is 5.75 Å². The lowest BCUT2D eigenvalue weighted by Gasteiger charge is -2.15. The lowest BCUT2D eigenvalue weighted by Crippen LogP contribution is -2.30. The Labute approximate surface area is 143 Å². The van der Waals surface area contributed by atoms with Gasteiger partial charge in [0, 0.05) is 18.5 Å². The van der Waals surface area contributed by atoms with E-state index in [1.807, 2.05) is 0 Å². The first-order valence-electron chi connectivity index (χ1n) is 7.17. The van der Waals surface area contributed by atoms with E-state index in [0.717, 1.165) is 0 Å². The van der Waals surface area contributed by atoms with Crippen LogP contribution in [0, 0.1) is 0 Å². The van der Waals surface area contributed by atoms with Crippen LogP contribution in [0.15, 0.2) is 55.1 Å². The summed E-state index contributed by atoms with van der Waals surface area (Å²) >= 11 is 6.02. The van der Waals surface area contributed by atoms with Gasteiger partial charge < -0.3 is 10.1 Å². The molecule has 122 valence electrons. The van der Waals surface area contributed by atoms with E-state index in [2.05, 4.69) is 20.4 Å². The van der Waals surface area contributed by atoms with Crippen LogP contribution in [0.1, 0.15) is 6.92 Å². The van der Waals surface area contributed by atoms with Crippen LogP contribution >= 0.6 is 11.6 Å². The van der Waals surface area contributed by atoms with Crippen LogP contribution in [-0.4, -0.2) is 31.8 Å². The molecular weight excluding hydrogens is 330 g/mol. The first kappa shape index (κ1) is 15.9. The molecule has 0 radical (unpaired) electrons. The summed E-state index contributed by atoms with van der Waals surface area (Å²) in [6.45, 7) is 1.63. The zero-order chi connectivity index (χ0) is 16.9. The third-order valence-electron chi connectivity index (χ3n) is 3.15. The van der Waals surface area contributed by atoms with Crippen molar-refractivity contribution < 1.29 is 9.53 Å². The summed E-state index contributed by atoms with van der Waals surface area (Å²) in [5.41, 5.74) is 0. The molecule has 3 rings (SSSR count). The molecule has 24 heavy (non-hydrogen) atoms. The van der Waals surface area contributed by atoms with Crippen molar-refractivity contribution in [2.24, 2.45) is 0 Å². The largest absolute Gasteiger partial charge is 0.479 e. The third kappa shape index (κ3) is 3.69. The topological polar surface area (TPSA) is 81.9 Å². The highest BCUT2D eigenvalue weighted by Crippen LogP contribution is 2.24. The first-order chi connectivity index (χ1) is 11.6. The number of hydrogen-bond donors (Lipinski definition) is 1. The van der Waals surface area contributed by atoms with Crippen molar-refractivity contribution in [3.05, 3.63) is 60.1 Å². The Kier molecular flexibility index (Phi) is 4.72. The molecule has 0 spiro atoms. The van der Waals surface area contributed by atoms with Gasteiger partial charge in [-0.05, 0) is 25.1 Å². The smallest absolute Gasteiger partial charge is 0.266 e. The van der Waals surface area contributed by atoms with Crippen molar-refractivity contribution in [2.45, 2.75) is 13.0 Å². The Bertz CT molecular complexity index is 838. The fourth-order valence-electron chi connectivity index (χ4n) is 1.96. The molecule has 1 aromatic carbocycles. The van der Waals surface area contributed by atoms with E-state index in [0.29, 0.717) is 22.4 Å². The molecule has 2 heterocycles. The van der Waals surface area contributed by atoms with Crippen LogP contribution in [0.4, 0.5) is 5.82 Å². The number of amides is 1. The number of hydrogen-bond acceptors (Lipinski definition) is 5. The quantitative estimate of drug-likeness (QED) is 0.770.